The van der Waals surface area contributed by atoms with Crippen LogP contribution in [0.15, 0.2) is 42.6 Å². The maximum Gasteiger partial charge on any atom is 0.417 e. The lowest BCUT2D eigenvalue weighted by Gasteiger charge is -2.19. The van der Waals surface area contributed by atoms with Crippen molar-refractivity contribution in [3.05, 3.63) is 59.5 Å². The molecular formula is C19H15F3N2O2. The van der Waals surface area contributed by atoms with Crippen molar-refractivity contribution in [3.63, 3.8) is 0 Å². The summed E-state index contributed by atoms with van der Waals surface area (Å²) in [6, 6.07) is 9.21. The van der Waals surface area contributed by atoms with Crippen LogP contribution in [0.2, 0.25) is 0 Å². The van der Waals surface area contributed by atoms with Crippen molar-refractivity contribution in [2.75, 3.05) is 6.61 Å². The molecule has 1 heterocycles. The molecule has 0 saturated heterocycles. The largest absolute Gasteiger partial charge is 0.462 e. The van der Waals surface area contributed by atoms with Crippen LogP contribution in [-0.2, 0) is 10.9 Å². The Hall–Kier alpha value is -2.96. The Balaban J connectivity index is 2.49. The molecule has 1 aromatic heterocycles. The van der Waals surface area contributed by atoms with Crippen LogP contribution >= 0.6 is 0 Å². The summed E-state index contributed by atoms with van der Waals surface area (Å²) >= 11 is 0. The maximum absolute atomic E-state index is 14.0. The average Bonchev–Trinajstić information content (AvgIpc) is 2.60. The van der Waals surface area contributed by atoms with Gasteiger partial charge in [-0.05, 0) is 25.5 Å². The first-order valence-electron chi connectivity index (χ1n) is 7.93. The normalized spacial score (nSPS) is 11.6. The smallest absolute Gasteiger partial charge is 0.417 e. The second kappa shape index (κ2) is 6.74. The standard InChI is InChI=1S/C19H15F3N2O2/c1-3-26-18(25)14-9-13-10-23-11(2)24-17(13)15(16(14)19(20,21)22)12-7-5-4-6-8-12/h4-10H,3H2,1-2H3. The molecule has 0 atom stereocenters. The average molecular weight is 360 g/mol. The van der Waals surface area contributed by atoms with Crippen LogP contribution in [0.4, 0.5) is 13.2 Å². The van der Waals surface area contributed by atoms with Gasteiger partial charge in [-0.2, -0.15) is 13.2 Å². The molecule has 3 aromatic rings. The summed E-state index contributed by atoms with van der Waals surface area (Å²) in [4.78, 5) is 20.5. The van der Waals surface area contributed by atoms with Crippen LogP contribution in [0.3, 0.4) is 0 Å². The molecule has 0 bridgehead atoms. The van der Waals surface area contributed by atoms with Crippen LogP contribution in [-0.4, -0.2) is 22.5 Å². The second-order valence-corrected chi connectivity index (χ2v) is 5.61. The topological polar surface area (TPSA) is 52.1 Å². The Morgan fingerprint density at radius 3 is 2.50 bits per heavy atom. The zero-order valence-electron chi connectivity index (χ0n) is 14.1. The number of carbonyl (C=O) groups is 1. The highest BCUT2D eigenvalue weighted by Crippen LogP contribution is 2.43. The van der Waals surface area contributed by atoms with E-state index < -0.39 is 23.3 Å². The molecule has 0 aliphatic heterocycles. The van der Waals surface area contributed by atoms with Crippen LogP contribution in [0.25, 0.3) is 22.0 Å². The van der Waals surface area contributed by atoms with Crippen molar-refractivity contribution in [3.8, 4) is 11.1 Å². The molecule has 0 aliphatic rings. The van der Waals surface area contributed by atoms with Crippen molar-refractivity contribution in [2.45, 2.75) is 20.0 Å². The number of aromatic nitrogens is 2. The number of nitrogens with zero attached hydrogens (tertiary/aromatic N) is 2. The zero-order valence-corrected chi connectivity index (χ0v) is 14.1. The molecule has 0 N–H and O–H groups in total. The van der Waals surface area contributed by atoms with Gasteiger partial charge in [0, 0.05) is 17.1 Å². The van der Waals surface area contributed by atoms with Gasteiger partial charge >= 0.3 is 12.1 Å². The van der Waals surface area contributed by atoms with Gasteiger partial charge in [0.05, 0.1) is 23.3 Å². The van der Waals surface area contributed by atoms with Crippen LogP contribution in [0, 0.1) is 6.92 Å². The number of alkyl halides is 3. The molecule has 0 spiro atoms. The Bertz CT molecular complexity index is 970. The number of ether oxygens (including phenoxy) is 1. The van der Waals surface area contributed by atoms with E-state index in [4.69, 9.17) is 4.74 Å². The number of hydrogen-bond donors (Lipinski definition) is 0. The quantitative estimate of drug-likeness (QED) is 0.630. The van der Waals surface area contributed by atoms with Gasteiger partial charge in [-0.1, -0.05) is 30.3 Å². The molecule has 26 heavy (non-hydrogen) atoms. The molecule has 4 nitrogen and oxygen atoms in total. The molecule has 7 heteroatoms. The number of esters is 1. The van der Waals surface area contributed by atoms with Crippen molar-refractivity contribution in [1.29, 1.82) is 0 Å². The summed E-state index contributed by atoms with van der Waals surface area (Å²) in [6.07, 6.45) is -3.35. The van der Waals surface area contributed by atoms with Gasteiger partial charge in [-0.25, -0.2) is 14.8 Å². The molecule has 134 valence electrons. The minimum atomic E-state index is -4.76. The number of carbonyl (C=O) groups excluding carboxylic acids is 1. The molecule has 0 unspecified atom stereocenters. The van der Waals surface area contributed by atoms with Gasteiger partial charge in [0.15, 0.2) is 0 Å². The number of hydrogen-bond acceptors (Lipinski definition) is 4. The van der Waals surface area contributed by atoms with Crippen molar-refractivity contribution in [1.82, 2.24) is 9.97 Å². The molecule has 0 aliphatic carbocycles. The predicted octanol–water partition coefficient (Wildman–Crippen LogP) is 4.80. The Morgan fingerprint density at radius 1 is 1.19 bits per heavy atom. The maximum atomic E-state index is 14.0. The summed E-state index contributed by atoms with van der Waals surface area (Å²) in [7, 11) is 0. The summed E-state index contributed by atoms with van der Waals surface area (Å²) < 4.78 is 46.8. The molecular weight excluding hydrogens is 345 g/mol. The fourth-order valence-corrected chi connectivity index (χ4v) is 2.82. The number of aryl methyl sites for hydroxylation is 1. The first kappa shape index (κ1) is 17.8. The molecule has 0 fully saturated rings. The van der Waals surface area contributed by atoms with Gasteiger partial charge in [-0.3, -0.25) is 0 Å². The third kappa shape index (κ3) is 3.24. The number of benzene rings is 2. The van der Waals surface area contributed by atoms with Gasteiger partial charge < -0.3 is 4.74 Å². The Morgan fingerprint density at radius 2 is 1.88 bits per heavy atom. The minimum Gasteiger partial charge on any atom is -0.462 e. The van der Waals surface area contributed by atoms with Gasteiger partial charge in [0.2, 0.25) is 0 Å². The Labute approximate surface area is 147 Å². The number of halogens is 3. The molecule has 0 radical (unpaired) electrons. The lowest BCUT2D eigenvalue weighted by Crippen LogP contribution is -2.17. The highest BCUT2D eigenvalue weighted by atomic mass is 19.4. The van der Waals surface area contributed by atoms with Crippen LogP contribution in [0.5, 0.6) is 0 Å². The van der Waals surface area contributed by atoms with E-state index in [1.54, 1.807) is 37.3 Å². The van der Waals surface area contributed by atoms with E-state index in [1.807, 2.05) is 0 Å². The van der Waals surface area contributed by atoms with Gasteiger partial charge in [0.25, 0.3) is 0 Å². The van der Waals surface area contributed by atoms with E-state index in [0.717, 1.165) is 6.07 Å². The third-order valence-corrected chi connectivity index (χ3v) is 3.83. The predicted molar refractivity (Wildman–Crippen MR) is 90.7 cm³/mol. The summed E-state index contributed by atoms with van der Waals surface area (Å²) in [5, 5.41) is 0.338. The first-order chi connectivity index (χ1) is 12.3. The van der Waals surface area contributed by atoms with E-state index in [-0.39, 0.29) is 17.7 Å². The summed E-state index contributed by atoms with van der Waals surface area (Å²) in [5.41, 5.74) is -1.28. The van der Waals surface area contributed by atoms with E-state index in [0.29, 0.717) is 16.8 Å². The lowest BCUT2D eigenvalue weighted by atomic mass is 9.92. The highest BCUT2D eigenvalue weighted by molar-refractivity contribution is 6.04. The minimum absolute atomic E-state index is 0.0285. The molecule has 0 saturated carbocycles. The third-order valence-electron chi connectivity index (χ3n) is 3.83. The van der Waals surface area contributed by atoms with E-state index >= 15 is 0 Å². The van der Waals surface area contributed by atoms with Crippen LogP contribution < -0.4 is 0 Å². The SMILES string of the molecule is CCOC(=O)c1cc2cnc(C)nc2c(-c2ccccc2)c1C(F)(F)F. The van der Waals surface area contributed by atoms with E-state index in [9.17, 15) is 18.0 Å². The fraction of sp³-hybridized carbons (Fsp3) is 0.211. The van der Waals surface area contributed by atoms with E-state index in [1.165, 1.54) is 13.1 Å². The lowest BCUT2D eigenvalue weighted by molar-refractivity contribution is -0.137. The number of fused-ring (bicyclic) bond motifs is 1. The fourth-order valence-electron chi connectivity index (χ4n) is 2.82. The van der Waals surface area contributed by atoms with Crippen molar-refractivity contribution >= 4 is 16.9 Å². The Kier molecular flexibility index (Phi) is 4.63. The van der Waals surface area contributed by atoms with Gasteiger partial charge in [-0.15, -0.1) is 0 Å². The molecule has 3 rings (SSSR count). The summed E-state index contributed by atoms with van der Waals surface area (Å²) in [6.45, 7) is 3.11. The van der Waals surface area contributed by atoms with Crippen molar-refractivity contribution in [2.24, 2.45) is 0 Å². The van der Waals surface area contributed by atoms with Crippen LogP contribution in [0.1, 0.15) is 28.7 Å². The zero-order chi connectivity index (χ0) is 18.9. The van der Waals surface area contributed by atoms with E-state index in [2.05, 4.69) is 9.97 Å². The van der Waals surface area contributed by atoms with Crippen molar-refractivity contribution < 1.29 is 22.7 Å². The monoisotopic (exact) mass is 360 g/mol. The highest BCUT2D eigenvalue weighted by Gasteiger charge is 2.40. The second-order valence-electron chi connectivity index (χ2n) is 5.61. The number of rotatable bonds is 3. The van der Waals surface area contributed by atoms with Gasteiger partial charge in [0.1, 0.15) is 5.82 Å². The first-order valence-corrected chi connectivity index (χ1v) is 7.93. The summed E-state index contributed by atoms with van der Waals surface area (Å²) in [5.74, 6) is -0.689. The molecule has 2 aromatic carbocycles. The molecule has 0 amide bonds.